The van der Waals surface area contributed by atoms with Gasteiger partial charge in [-0.1, -0.05) is 12.8 Å². The molecule has 0 aliphatic heterocycles. The van der Waals surface area contributed by atoms with Crippen LogP contribution in [0, 0.1) is 0 Å². The first kappa shape index (κ1) is 12.0. The highest BCUT2D eigenvalue weighted by Gasteiger charge is 2.30. The van der Waals surface area contributed by atoms with Gasteiger partial charge in [0.1, 0.15) is 0 Å². The van der Waals surface area contributed by atoms with E-state index in [1.807, 2.05) is 6.92 Å². The second-order valence-electron chi connectivity index (χ2n) is 4.37. The fourth-order valence-electron chi connectivity index (χ4n) is 1.93. The second kappa shape index (κ2) is 5.69. The summed E-state index contributed by atoms with van der Waals surface area (Å²) in [4.78, 5) is 0. The van der Waals surface area contributed by atoms with E-state index in [9.17, 15) is 5.11 Å². The lowest BCUT2D eigenvalue weighted by Gasteiger charge is -2.25. The van der Waals surface area contributed by atoms with Crippen molar-refractivity contribution in [3.8, 4) is 0 Å². The number of ether oxygens (including phenoxy) is 1. The summed E-state index contributed by atoms with van der Waals surface area (Å²) in [5, 5.41) is 13.4. The van der Waals surface area contributed by atoms with Crippen LogP contribution in [-0.2, 0) is 4.74 Å². The number of hydrogen-bond donors (Lipinski definition) is 2. The van der Waals surface area contributed by atoms with E-state index in [1.54, 1.807) is 0 Å². The minimum atomic E-state index is -0.444. The standard InChI is InChI=1S/C11H23NO2/c1-3-14-8-10(2)12-9-11(13)6-4-5-7-11/h10,12-13H,3-9H2,1-2H3. The van der Waals surface area contributed by atoms with Gasteiger partial charge >= 0.3 is 0 Å². The largest absolute Gasteiger partial charge is 0.389 e. The summed E-state index contributed by atoms with van der Waals surface area (Å²) < 4.78 is 5.30. The van der Waals surface area contributed by atoms with Crippen LogP contribution >= 0.6 is 0 Å². The van der Waals surface area contributed by atoms with Crippen molar-refractivity contribution in [2.75, 3.05) is 19.8 Å². The minimum absolute atomic E-state index is 0.333. The van der Waals surface area contributed by atoms with Crippen LogP contribution in [-0.4, -0.2) is 36.5 Å². The summed E-state index contributed by atoms with van der Waals surface area (Å²) >= 11 is 0. The van der Waals surface area contributed by atoms with E-state index in [2.05, 4.69) is 12.2 Å². The molecule has 0 saturated heterocycles. The first-order valence-corrected chi connectivity index (χ1v) is 5.70. The van der Waals surface area contributed by atoms with Crippen LogP contribution in [0.3, 0.4) is 0 Å². The first-order valence-electron chi connectivity index (χ1n) is 5.70. The molecule has 0 heterocycles. The molecule has 1 aliphatic carbocycles. The summed E-state index contributed by atoms with van der Waals surface area (Å²) in [5.41, 5.74) is -0.444. The van der Waals surface area contributed by atoms with Gasteiger partial charge in [-0.05, 0) is 26.7 Å². The van der Waals surface area contributed by atoms with E-state index in [-0.39, 0.29) is 0 Å². The predicted molar refractivity (Wildman–Crippen MR) is 57.4 cm³/mol. The minimum Gasteiger partial charge on any atom is -0.389 e. The number of nitrogens with one attached hydrogen (secondary N) is 1. The van der Waals surface area contributed by atoms with Crippen LogP contribution in [0.1, 0.15) is 39.5 Å². The maximum absolute atomic E-state index is 10.1. The van der Waals surface area contributed by atoms with Gasteiger partial charge in [0, 0.05) is 19.2 Å². The smallest absolute Gasteiger partial charge is 0.0771 e. The summed E-state index contributed by atoms with van der Waals surface area (Å²) in [5.74, 6) is 0. The highest BCUT2D eigenvalue weighted by atomic mass is 16.5. The normalized spacial score (nSPS) is 22.5. The summed E-state index contributed by atoms with van der Waals surface area (Å²) in [7, 11) is 0. The van der Waals surface area contributed by atoms with Crippen molar-refractivity contribution in [1.82, 2.24) is 5.32 Å². The Morgan fingerprint density at radius 3 is 2.64 bits per heavy atom. The Morgan fingerprint density at radius 2 is 2.07 bits per heavy atom. The molecule has 0 aromatic heterocycles. The van der Waals surface area contributed by atoms with E-state index in [1.165, 1.54) is 0 Å². The maximum atomic E-state index is 10.1. The molecule has 14 heavy (non-hydrogen) atoms. The fraction of sp³-hybridized carbons (Fsp3) is 1.00. The van der Waals surface area contributed by atoms with Gasteiger partial charge in [-0.25, -0.2) is 0 Å². The van der Waals surface area contributed by atoms with E-state index >= 15 is 0 Å². The maximum Gasteiger partial charge on any atom is 0.0771 e. The lowest BCUT2D eigenvalue weighted by atomic mass is 10.0. The molecule has 1 fully saturated rings. The molecule has 0 aromatic rings. The quantitative estimate of drug-likeness (QED) is 0.681. The third-order valence-electron chi connectivity index (χ3n) is 2.89. The first-order chi connectivity index (χ1) is 6.66. The molecule has 0 spiro atoms. The molecule has 1 atom stereocenters. The van der Waals surface area contributed by atoms with Crippen LogP contribution in [0.15, 0.2) is 0 Å². The molecule has 3 heteroatoms. The topological polar surface area (TPSA) is 41.5 Å². The van der Waals surface area contributed by atoms with Crippen molar-refractivity contribution in [1.29, 1.82) is 0 Å². The van der Waals surface area contributed by atoms with Gasteiger partial charge in [-0.15, -0.1) is 0 Å². The summed E-state index contributed by atoms with van der Waals surface area (Å²) in [6.07, 6.45) is 4.22. The van der Waals surface area contributed by atoms with Crippen LogP contribution in [0.2, 0.25) is 0 Å². The van der Waals surface area contributed by atoms with E-state index in [4.69, 9.17) is 4.74 Å². The third kappa shape index (κ3) is 3.95. The van der Waals surface area contributed by atoms with Crippen LogP contribution < -0.4 is 5.32 Å². The molecule has 3 nitrogen and oxygen atoms in total. The Hall–Kier alpha value is -0.120. The molecule has 2 N–H and O–H groups in total. The molecular weight excluding hydrogens is 178 g/mol. The van der Waals surface area contributed by atoms with E-state index < -0.39 is 5.60 Å². The van der Waals surface area contributed by atoms with Crippen molar-refractivity contribution in [2.45, 2.75) is 51.2 Å². The van der Waals surface area contributed by atoms with Gasteiger partial charge in [0.05, 0.1) is 12.2 Å². The number of aliphatic hydroxyl groups is 1. The van der Waals surface area contributed by atoms with Gasteiger partial charge in [0.15, 0.2) is 0 Å². The lowest BCUT2D eigenvalue weighted by molar-refractivity contribution is 0.0397. The highest BCUT2D eigenvalue weighted by molar-refractivity contribution is 4.86. The zero-order chi connectivity index (χ0) is 10.4. The van der Waals surface area contributed by atoms with Crippen LogP contribution in [0.5, 0.6) is 0 Å². The van der Waals surface area contributed by atoms with Crippen LogP contribution in [0.25, 0.3) is 0 Å². The van der Waals surface area contributed by atoms with Crippen molar-refractivity contribution in [2.24, 2.45) is 0 Å². The zero-order valence-electron chi connectivity index (χ0n) is 9.38. The van der Waals surface area contributed by atoms with Crippen molar-refractivity contribution >= 4 is 0 Å². The van der Waals surface area contributed by atoms with Gasteiger partial charge < -0.3 is 15.2 Å². The number of rotatable bonds is 6. The van der Waals surface area contributed by atoms with Gasteiger partial charge in [0.2, 0.25) is 0 Å². The van der Waals surface area contributed by atoms with Crippen molar-refractivity contribution in [3.63, 3.8) is 0 Å². The molecule has 0 bridgehead atoms. The van der Waals surface area contributed by atoms with E-state index in [0.29, 0.717) is 12.6 Å². The molecule has 0 amide bonds. The monoisotopic (exact) mass is 201 g/mol. The Labute approximate surface area is 86.8 Å². The zero-order valence-corrected chi connectivity index (χ0v) is 9.38. The molecule has 1 rings (SSSR count). The van der Waals surface area contributed by atoms with Gasteiger partial charge in [0.25, 0.3) is 0 Å². The SMILES string of the molecule is CCOCC(C)NCC1(O)CCCC1. The third-order valence-corrected chi connectivity index (χ3v) is 2.89. The van der Waals surface area contributed by atoms with Gasteiger partial charge in [-0.2, -0.15) is 0 Å². The Kier molecular flexibility index (Phi) is 4.85. The summed E-state index contributed by atoms with van der Waals surface area (Å²) in [6, 6.07) is 0.333. The molecule has 1 aliphatic rings. The van der Waals surface area contributed by atoms with Crippen molar-refractivity contribution < 1.29 is 9.84 Å². The average Bonchev–Trinajstić information content (AvgIpc) is 2.60. The summed E-state index contributed by atoms with van der Waals surface area (Å²) in [6.45, 7) is 6.29. The Bertz CT molecular complexity index is 155. The fourth-order valence-corrected chi connectivity index (χ4v) is 1.93. The molecule has 0 radical (unpaired) electrons. The molecule has 84 valence electrons. The predicted octanol–water partition coefficient (Wildman–Crippen LogP) is 1.31. The molecule has 1 unspecified atom stereocenters. The van der Waals surface area contributed by atoms with E-state index in [0.717, 1.165) is 38.9 Å². The lowest BCUT2D eigenvalue weighted by Crippen LogP contribution is -2.43. The van der Waals surface area contributed by atoms with Crippen molar-refractivity contribution in [3.05, 3.63) is 0 Å². The Balaban J connectivity index is 2.12. The highest BCUT2D eigenvalue weighted by Crippen LogP contribution is 2.28. The van der Waals surface area contributed by atoms with Crippen LogP contribution in [0.4, 0.5) is 0 Å². The average molecular weight is 201 g/mol. The number of hydrogen-bond acceptors (Lipinski definition) is 3. The Morgan fingerprint density at radius 1 is 1.43 bits per heavy atom. The van der Waals surface area contributed by atoms with Gasteiger partial charge in [-0.3, -0.25) is 0 Å². The molecule has 1 saturated carbocycles. The molecule has 0 aromatic carbocycles. The molecular formula is C11H23NO2. The second-order valence-corrected chi connectivity index (χ2v) is 4.37.